The Kier molecular flexibility index (Phi) is 4.23. The summed E-state index contributed by atoms with van der Waals surface area (Å²) in [6.07, 6.45) is 5.74. The van der Waals surface area contributed by atoms with Crippen molar-refractivity contribution in [1.29, 1.82) is 5.26 Å². The molecule has 0 radical (unpaired) electrons. The maximum atomic E-state index is 9.62. The van der Waals surface area contributed by atoms with Gasteiger partial charge in [0.25, 0.3) is 0 Å². The average Bonchev–Trinajstić information content (AvgIpc) is 2.69. The third-order valence-electron chi connectivity index (χ3n) is 4.73. The van der Waals surface area contributed by atoms with Gasteiger partial charge < -0.3 is 0 Å². The Hall–Kier alpha value is -0.590. The van der Waals surface area contributed by atoms with Gasteiger partial charge in [0, 0.05) is 18.6 Å². The highest BCUT2D eigenvalue weighted by Crippen LogP contribution is 2.37. The zero-order valence-electron chi connectivity index (χ0n) is 13.0. The lowest BCUT2D eigenvalue weighted by Crippen LogP contribution is -2.54. The van der Waals surface area contributed by atoms with Crippen LogP contribution in [0.3, 0.4) is 0 Å². The van der Waals surface area contributed by atoms with Crippen LogP contribution in [0, 0.1) is 16.7 Å². The highest BCUT2D eigenvalue weighted by molar-refractivity contribution is 5.12. The van der Waals surface area contributed by atoms with E-state index in [4.69, 9.17) is 0 Å². The molecule has 1 aliphatic heterocycles. The molecule has 0 spiro atoms. The van der Waals surface area contributed by atoms with E-state index < -0.39 is 0 Å². The van der Waals surface area contributed by atoms with Gasteiger partial charge in [-0.25, -0.2) is 0 Å². The summed E-state index contributed by atoms with van der Waals surface area (Å²) in [6.45, 7) is 11.4. The van der Waals surface area contributed by atoms with Crippen molar-refractivity contribution in [3.05, 3.63) is 0 Å². The van der Waals surface area contributed by atoms with E-state index in [1.54, 1.807) is 0 Å². The predicted octanol–water partition coefficient (Wildman–Crippen LogP) is 2.92. The first-order valence-electron chi connectivity index (χ1n) is 7.79. The van der Waals surface area contributed by atoms with Gasteiger partial charge in [-0.1, -0.05) is 13.8 Å². The molecule has 0 aromatic rings. The summed E-state index contributed by atoms with van der Waals surface area (Å²) in [6, 6.07) is 3.57. The quantitative estimate of drug-likeness (QED) is 0.851. The molecule has 1 N–H and O–H groups in total. The summed E-state index contributed by atoms with van der Waals surface area (Å²) in [5.41, 5.74) is 0.169. The highest BCUT2D eigenvalue weighted by atomic mass is 15.2. The lowest BCUT2D eigenvalue weighted by molar-refractivity contribution is 0.129. The monoisotopic (exact) mass is 263 g/mol. The summed E-state index contributed by atoms with van der Waals surface area (Å²) in [4.78, 5) is 2.63. The molecule has 1 saturated carbocycles. The fourth-order valence-electron chi connectivity index (χ4n) is 3.84. The van der Waals surface area contributed by atoms with Crippen LogP contribution in [0.15, 0.2) is 0 Å². The van der Waals surface area contributed by atoms with E-state index >= 15 is 0 Å². The molecule has 1 heterocycles. The van der Waals surface area contributed by atoms with Crippen LogP contribution in [0.25, 0.3) is 0 Å². The molecule has 3 heteroatoms. The standard InChI is InChI=1S/C16H29N3/c1-13(2)18-16(11-17)7-5-6-14(10-16)19-9-8-15(3,4)12-19/h13-14,18H,5-10,12H2,1-4H3. The Labute approximate surface area is 118 Å². The van der Waals surface area contributed by atoms with Crippen molar-refractivity contribution in [2.75, 3.05) is 13.1 Å². The van der Waals surface area contributed by atoms with Crippen LogP contribution in [-0.4, -0.2) is 35.6 Å². The van der Waals surface area contributed by atoms with Gasteiger partial charge in [-0.3, -0.25) is 10.2 Å². The SMILES string of the molecule is CC(C)NC1(C#N)CCCC(N2CCC(C)(C)C2)C1. The van der Waals surface area contributed by atoms with Gasteiger partial charge in [-0.05, 0) is 57.9 Å². The summed E-state index contributed by atoms with van der Waals surface area (Å²) in [5, 5.41) is 13.2. The number of nitrogens with one attached hydrogen (secondary N) is 1. The topological polar surface area (TPSA) is 39.1 Å². The normalized spacial score (nSPS) is 35.5. The molecule has 108 valence electrons. The van der Waals surface area contributed by atoms with Crippen molar-refractivity contribution in [3.63, 3.8) is 0 Å². The molecule has 2 fully saturated rings. The van der Waals surface area contributed by atoms with Crippen molar-refractivity contribution in [1.82, 2.24) is 10.2 Å². The van der Waals surface area contributed by atoms with Gasteiger partial charge in [-0.2, -0.15) is 5.26 Å². The average molecular weight is 263 g/mol. The Morgan fingerprint density at radius 3 is 2.58 bits per heavy atom. The molecule has 2 unspecified atom stereocenters. The molecule has 1 saturated heterocycles. The number of nitriles is 1. The molecular weight excluding hydrogens is 234 g/mol. The van der Waals surface area contributed by atoms with E-state index in [0.29, 0.717) is 17.5 Å². The van der Waals surface area contributed by atoms with E-state index in [9.17, 15) is 5.26 Å². The Bertz CT molecular complexity index is 355. The fourth-order valence-corrected chi connectivity index (χ4v) is 3.84. The third-order valence-corrected chi connectivity index (χ3v) is 4.73. The summed E-state index contributed by atoms with van der Waals surface area (Å²) in [7, 11) is 0. The van der Waals surface area contributed by atoms with Crippen molar-refractivity contribution < 1.29 is 0 Å². The van der Waals surface area contributed by atoms with Crippen LogP contribution >= 0.6 is 0 Å². The van der Waals surface area contributed by atoms with E-state index in [2.05, 4.69) is 44.0 Å². The zero-order chi connectivity index (χ0) is 14.1. The second-order valence-electron chi connectivity index (χ2n) is 7.63. The van der Waals surface area contributed by atoms with Crippen molar-refractivity contribution in [2.45, 2.75) is 77.4 Å². The predicted molar refractivity (Wildman–Crippen MR) is 78.8 cm³/mol. The Morgan fingerprint density at radius 2 is 2.05 bits per heavy atom. The zero-order valence-corrected chi connectivity index (χ0v) is 13.0. The molecule has 3 nitrogen and oxygen atoms in total. The van der Waals surface area contributed by atoms with Crippen molar-refractivity contribution in [2.24, 2.45) is 5.41 Å². The highest BCUT2D eigenvalue weighted by Gasteiger charge is 2.41. The number of hydrogen-bond acceptors (Lipinski definition) is 3. The third kappa shape index (κ3) is 3.49. The summed E-state index contributed by atoms with van der Waals surface area (Å²) < 4.78 is 0. The molecule has 2 aliphatic rings. The van der Waals surface area contributed by atoms with Gasteiger partial charge in [0.1, 0.15) is 5.54 Å². The van der Waals surface area contributed by atoms with Gasteiger partial charge >= 0.3 is 0 Å². The van der Waals surface area contributed by atoms with Gasteiger partial charge in [0.2, 0.25) is 0 Å². The molecule has 0 aromatic heterocycles. The Balaban J connectivity index is 2.03. The minimum Gasteiger partial charge on any atom is -0.300 e. The second kappa shape index (κ2) is 5.42. The van der Waals surface area contributed by atoms with E-state index in [-0.39, 0.29) is 5.54 Å². The van der Waals surface area contributed by atoms with Gasteiger partial charge in [0.05, 0.1) is 6.07 Å². The van der Waals surface area contributed by atoms with E-state index in [1.807, 2.05) is 0 Å². The number of rotatable bonds is 3. The van der Waals surface area contributed by atoms with Crippen LogP contribution in [0.5, 0.6) is 0 Å². The molecule has 2 atom stereocenters. The minimum atomic E-state index is -0.288. The number of hydrogen-bond donors (Lipinski definition) is 1. The lowest BCUT2D eigenvalue weighted by Gasteiger charge is -2.41. The molecule has 0 amide bonds. The first kappa shape index (κ1) is 14.8. The molecule has 19 heavy (non-hydrogen) atoms. The first-order chi connectivity index (χ1) is 8.86. The summed E-state index contributed by atoms with van der Waals surface area (Å²) >= 11 is 0. The lowest BCUT2D eigenvalue weighted by atomic mass is 9.79. The van der Waals surface area contributed by atoms with Crippen LogP contribution < -0.4 is 5.32 Å². The van der Waals surface area contributed by atoms with E-state index in [0.717, 1.165) is 12.8 Å². The van der Waals surface area contributed by atoms with Crippen molar-refractivity contribution in [3.8, 4) is 6.07 Å². The van der Waals surface area contributed by atoms with Crippen LogP contribution in [-0.2, 0) is 0 Å². The maximum Gasteiger partial charge on any atom is 0.108 e. The number of likely N-dealkylation sites (tertiary alicyclic amines) is 1. The molecule has 2 rings (SSSR count). The van der Waals surface area contributed by atoms with E-state index in [1.165, 1.54) is 32.4 Å². The first-order valence-corrected chi connectivity index (χ1v) is 7.79. The largest absolute Gasteiger partial charge is 0.300 e. The van der Waals surface area contributed by atoms with Crippen LogP contribution in [0.4, 0.5) is 0 Å². The van der Waals surface area contributed by atoms with Crippen LogP contribution in [0.2, 0.25) is 0 Å². The molecule has 1 aliphatic carbocycles. The number of nitrogens with zero attached hydrogens (tertiary/aromatic N) is 2. The van der Waals surface area contributed by atoms with Crippen molar-refractivity contribution >= 4 is 0 Å². The second-order valence-corrected chi connectivity index (χ2v) is 7.63. The smallest absolute Gasteiger partial charge is 0.108 e. The maximum absolute atomic E-state index is 9.62. The molecular formula is C16H29N3. The van der Waals surface area contributed by atoms with Gasteiger partial charge in [0.15, 0.2) is 0 Å². The van der Waals surface area contributed by atoms with Crippen LogP contribution in [0.1, 0.15) is 59.8 Å². The summed E-state index contributed by atoms with van der Waals surface area (Å²) in [5.74, 6) is 0. The Morgan fingerprint density at radius 1 is 1.32 bits per heavy atom. The molecule has 0 aromatic carbocycles. The van der Waals surface area contributed by atoms with Gasteiger partial charge in [-0.15, -0.1) is 0 Å². The fraction of sp³-hybridized carbons (Fsp3) is 0.938. The molecule has 0 bridgehead atoms. The minimum absolute atomic E-state index is 0.288.